The Morgan fingerprint density at radius 1 is 0.950 bits per heavy atom. The zero-order valence-electron chi connectivity index (χ0n) is 24.7. The number of unbranched alkanes of at least 4 members (excludes halogenated alkanes) is 3. The summed E-state index contributed by atoms with van der Waals surface area (Å²) in [6, 6.07) is 14.8. The Hall–Kier alpha value is -3.79. The summed E-state index contributed by atoms with van der Waals surface area (Å²) in [6.45, 7) is 10.3. The molecule has 2 unspecified atom stereocenters. The molecule has 0 heterocycles. The number of nitrogens with zero attached hydrogens (tertiary/aromatic N) is 1. The third kappa shape index (κ3) is 10.4. The van der Waals surface area contributed by atoms with E-state index in [-0.39, 0.29) is 18.2 Å². The van der Waals surface area contributed by atoms with Gasteiger partial charge in [0.1, 0.15) is 17.7 Å². The van der Waals surface area contributed by atoms with Crippen LogP contribution in [0.1, 0.15) is 89.5 Å². The SMILES string of the molecule is C#Cc1ccccc1C(C(=O)NCCCCC)N(CCCC)C(=O)C(Cc1ccccc1)NC(=O)OC(C)(C)C. The first-order valence-corrected chi connectivity index (χ1v) is 14.3. The molecule has 216 valence electrons. The van der Waals surface area contributed by atoms with Crippen molar-refractivity contribution < 1.29 is 19.1 Å². The van der Waals surface area contributed by atoms with Crippen molar-refractivity contribution in [1.82, 2.24) is 15.5 Å². The van der Waals surface area contributed by atoms with Gasteiger partial charge in [-0.25, -0.2) is 4.79 Å². The second-order valence-electron chi connectivity index (χ2n) is 10.9. The molecule has 7 nitrogen and oxygen atoms in total. The Balaban J connectivity index is 2.54. The number of hydrogen-bond acceptors (Lipinski definition) is 4. The number of nitrogens with one attached hydrogen (secondary N) is 2. The highest BCUT2D eigenvalue weighted by molar-refractivity contribution is 5.92. The molecule has 0 fully saturated rings. The lowest BCUT2D eigenvalue weighted by Crippen LogP contribution is -2.54. The van der Waals surface area contributed by atoms with E-state index >= 15 is 0 Å². The molecule has 3 amide bonds. The summed E-state index contributed by atoms with van der Waals surface area (Å²) in [7, 11) is 0. The average Bonchev–Trinajstić information content (AvgIpc) is 2.92. The molecule has 2 atom stereocenters. The van der Waals surface area contributed by atoms with Crippen LogP contribution in [0.2, 0.25) is 0 Å². The monoisotopic (exact) mass is 547 g/mol. The van der Waals surface area contributed by atoms with Gasteiger partial charge in [-0.05, 0) is 50.8 Å². The molecular weight excluding hydrogens is 502 g/mol. The van der Waals surface area contributed by atoms with Crippen molar-refractivity contribution in [2.45, 2.75) is 90.8 Å². The molecule has 7 heteroatoms. The van der Waals surface area contributed by atoms with Gasteiger partial charge in [0, 0.05) is 25.1 Å². The fourth-order valence-corrected chi connectivity index (χ4v) is 4.40. The van der Waals surface area contributed by atoms with Crippen LogP contribution >= 0.6 is 0 Å². The van der Waals surface area contributed by atoms with Crippen LogP contribution in [0.15, 0.2) is 54.6 Å². The summed E-state index contributed by atoms with van der Waals surface area (Å²) in [5.74, 6) is 2.01. The molecule has 0 aliphatic carbocycles. The molecule has 2 N–H and O–H groups in total. The molecule has 40 heavy (non-hydrogen) atoms. The fourth-order valence-electron chi connectivity index (χ4n) is 4.40. The Morgan fingerprint density at radius 3 is 2.23 bits per heavy atom. The number of carbonyl (C=O) groups excluding carboxylic acids is 3. The second-order valence-corrected chi connectivity index (χ2v) is 10.9. The van der Waals surface area contributed by atoms with E-state index in [4.69, 9.17) is 11.2 Å². The van der Waals surface area contributed by atoms with E-state index in [0.29, 0.717) is 30.6 Å². The molecule has 0 radical (unpaired) electrons. The molecule has 0 spiro atoms. The van der Waals surface area contributed by atoms with Gasteiger partial charge in [-0.15, -0.1) is 6.42 Å². The second kappa shape index (κ2) is 16.3. The van der Waals surface area contributed by atoms with Crippen molar-refractivity contribution in [3.8, 4) is 12.3 Å². The molecule has 0 aromatic heterocycles. The van der Waals surface area contributed by atoms with Crippen LogP contribution in [0.4, 0.5) is 4.79 Å². The summed E-state index contributed by atoms with van der Waals surface area (Å²) in [6.07, 6.45) is 9.72. The van der Waals surface area contributed by atoms with E-state index in [2.05, 4.69) is 23.5 Å². The normalized spacial score (nSPS) is 12.5. The van der Waals surface area contributed by atoms with Gasteiger partial charge in [-0.3, -0.25) is 9.59 Å². The zero-order valence-corrected chi connectivity index (χ0v) is 24.7. The number of terminal acetylenes is 1. The molecule has 0 saturated heterocycles. The van der Waals surface area contributed by atoms with Gasteiger partial charge in [-0.1, -0.05) is 87.6 Å². The van der Waals surface area contributed by atoms with Gasteiger partial charge < -0.3 is 20.3 Å². The molecule has 0 bridgehead atoms. The van der Waals surface area contributed by atoms with Crippen LogP contribution in [0.5, 0.6) is 0 Å². The Kier molecular flexibility index (Phi) is 13.2. The smallest absolute Gasteiger partial charge is 0.408 e. The largest absolute Gasteiger partial charge is 0.444 e. The number of hydrogen-bond donors (Lipinski definition) is 2. The van der Waals surface area contributed by atoms with E-state index in [1.807, 2.05) is 49.4 Å². The molecular formula is C33H45N3O4. The zero-order chi connectivity index (χ0) is 29.5. The van der Waals surface area contributed by atoms with Crippen molar-refractivity contribution in [3.63, 3.8) is 0 Å². The summed E-state index contributed by atoms with van der Waals surface area (Å²) in [4.78, 5) is 42.6. The third-order valence-electron chi connectivity index (χ3n) is 6.36. The topological polar surface area (TPSA) is 87.7 Å². The first-order chi connectivity index (χ1) is 19.1. The standard InChI is InChI=1S/C33H45N3O4/c1-7-10-17-22-34-30(37)29(27-21-16-15-20-26(27)9-3)36(23-11-8-2)31(38)28(24-25-18-13-12-14-19-25)35-32(39)40-33(4,5)6/h3,12-16,18-21,28-29H,7-8,10-11,17,22-24H2,1-2,4-6H3,(H,34,37)(H,35,39). The third-order valence-corrected chi connectivity index (χ3v) is 6.36. The van der Waals surface area contributed by atoms with E-state index in [0.717, 1.165) is 31.2 Å². The quantitative estimate of drug-likeness (QED) is 0.232. The predicted molar refractivity (Wildman–Crippen MR) is 160 cm³/mol. The summed E-state index contributed by atoms with van der Waals surface area (Å²) in [5.41, 5.74) is 1.26. The predicted octanol–water partition coefficient (Wildman–Crippen LogP) is 5.78. The highest BCUT2D eigenvalue weighted by Gasteiger charge is 2.37. The summed E-state index contributed by atoms with van der Waals surface area (Å²) >= 11 is 0. The first kappa shape index (κ1) is 32.4. The number of rotatable bonds is 14. The van der Waals surface area contributed by atoms with E-state index < -0.39 is 23.8 Å². The van der Waals surface area contributed by atoms with Crippen molar-refractivity contribution in [1.29, 1.82) is 0 Å². The number of ether oxygens (including phenoxy) is 1. The minimum Gasteiger partial charge on any atom is -0.444 e. The molecule has 2 aromatic rings. The van der Waals surface area contributed by atoms with Gasteiger partial charge >= 0.3 is 6.09 Å². The highest BCUT2D eigenvalue weighted by Crippen LogP contribution is 2.27. The van der Waals surface area contributed by atoms with Crippen molar-refractivity contribution in [2.24, 2.45) is 0 Å². The summed E-state index contributed by atoms with van der Waals surface area (Å²) < 4.78 is 5.50. The van der Waals surface area contributed by atoms with Crippen LogP contribution in [-0.2, 0) is 20.7 Å². The average molecular weight is 548 g/mol. The lowest BCUT2D eigenvalue weighted by molar-refractivity contribution is -0.142. The molecule has 0 aliphatic rings. The van der Waals surface area contributed by atoms with E-state index in [1.54, 1.807) is 37.8 Å². The van der Waals surface area contributed by atoms with Crippen LogP contribution < -0.4 is 10.6 Å². The van der Waals surface area contributed by atoms with Crippen molar-refractivity contribution in [3.05, 3.63) is 71.3 Å². The maximum Gasteiger partial charge on any atom is 0.408 e. The minimum atomic E-state index is -0.956. The number of carbonyl (C=O) groups is 3. The summed E-state index contributed by atoms with van der Waals surface area (Å²) in [5, 5.41) is 5.81. The van der Waals surface area contributed by atoms with Gasteiger partial charge in [-0.2, -0.15) is 0 Å². The number of alkyl carbamates (subject to hydrolysis) is 1. The Morgan fingerprint density at radius 2 is 1.60 bits per heavy atom. The Labute approximate surface area is 240 Å². The molecule has 2 aromatic carbocycles. The molecule has 0 aliphatic heterocycles. The first-order valence-electron chi connectivity index (χ1n) is 14.3. The highest BCUT2D eigenvalue weighted by atomic mass is 16.6. The van der Waals surface area contributed by atoms with Gasteiger partial charge in [0.25, 0.3) is 0 Å². The maximum absolute atomic E-state index is 14.4. The van der Waals surface area contributed by atoms with Crippen molar-refractivity contribution >= 4 is 17.9 Å². The fraction of sp³-hybridized carbons (Fsp3) is 0.485. The number of benzene rings is 2. The van der Waals surface area contributed by atoms with Gasteiger partial charge in [0.2, 0.25) is 11.8 Å². The van der Waals surface area contributed by atoms with Gasteiger partial charge in [0.15, 0.2) is 0 Å². The van der Waals surface area contributed by atoms with Crippen LogP contribution in [0.25, 0.3) is 0 Å². The Bertz CT molecular complexity index is 1130. The van der Waals surface area contributed by atoms with Gasteiger partial charge in [0.05, 0.1) is 0 Å². The van der Waals surface area contributed by atoms with Crippen LogP contribution in [0, 0.1) is 12.3 Å². The van der Waals surface area contributed by atoms with E-state index in [9.17, 15) is 14.4 Å². The van der Waals surface area contributed by atoms with Crippen LogP contribution in [-0.4, -0.2) is 47.5 Å². The molecule has 0 saturated carbocycles. The lowest BCUT2D eigenvalue weighted by atomic mass is 9.96. The lowest BCUT2D eigenvalue weighted by Gasteiger charge is -2.35. The van der Waals surface area contributed by atoms with Crippen molar-refractivity contribution in [2.75, 3.05) is 13.1 Å². The van der Waals surface area contributed by atoms with Crippen LogP contribution in [0.3, 0.4) is 0 Å². The van der Waals surface area contributed by atoms with E-state index in [1.165, 1.54) is 0 Å². The number of amides is 3. The molecule has 2 rings (SSSR count). The minimum absolute atomic E-state index is 0.239. The maximum atomic E-state index is 14.4.